The lowest BCUT2D eigenvalue weighted by atomic mass is 10.00. The van der Waals surface area contributed by atoms with Crippen molar-refractivity contribution in [2.24, 2.45) is 5.41 Å². The molecular formula is C17H24FN3O2. The number of nitrogens with zero attached hydrogens (tertiary/aromatic N) is 2. The molecule has 0 bridgehead atoms. The van der Waals surface area contributed by atoms with E-state index in [1.807, 2.05) is 4.90 Å². The number of carbonyl (C=O) groups excluding carboxylic acids is 1. The number of aromatic nitrogens is 1. The van der Waals surface area contributed by atoms with Gasteiger partial charge >= 0.3 is 0 Å². The van der Waals surface area contributed by atoms with E-state index in [2.05, 4.69) is 17.2 Å². The molecule has 2 fully saturated rings. The van der Waals surface area contributed by atoms with Crippen molar-refractivity contribution < 1.29 is 13.9 Å². The monoisotopic (exact) mass is 321 g/mol. The SMILES string of the molecule is CCCC1(C(=O)NCc2cnc(N3CCOCC3)c(F)c2)CC1. The molecule has 1 saturated carbocycles. The van der Waals surface area contributed by atoms with E-state index in [-0.39, 0.29) is 17.1 Å². The summed E-state index contributed by atoms with van der Waals surface area (Å²) in [5.74, 6) is 0.123. The third-order valence-electron chi connectivity index (χ3n) is 4.71. The van der Waals surface area contributed by atoms with Crippen molar-refractivity contribution >= 4 is 11.7 Å². The lowest BCUT2D eigenvalue weighted by Crippen LogP contribution is -2.37. The fraction of sp³-hybridized carbons (Fsp3) is 0.647. The Morgan fingerprint density at radius 2 is 2.17 bits per heavy atom. The van der Waals surface area contributed by atoms with E-state index in [4.69, 9.17) is 4.74 Å². The predicted octanol–water partition coefficient (Wildman–Crippen LogP) is 2.25. The minimum absolute atomic E-state index is 0.0945. The first-order valence-corrected chi connectivity index (χ1v) is 8.40. The van der Waals surface area contributed by atoms with Gasteiger partial charge in [0.15, 0.2) is 11.6 Å². The Balaban J connectivity index is 1.58. The summed E-state index contributed by atoms with van der Waals surface area (Å²) in [6, 6.07) is 1.47. The molecule has 0 atom stereocenters. The first kappa shape index (κ1) is 16.2. The molecule has 5 nitrogen and oxygen atoms in total. The third-order valence-corrected chi connectivity index (χ3v) is 4.71. The summed E-state index contributed by atoms with van der Waals surface area (Å²) >= 11 is 0. The summed E-state index contributed by atoms with van der Waals surface area (Å²) in [6.45, 7) is 4.92. The van der Waals surface area contributed by atoms with Crippen molar-refractivity contribution in [3.63, 3.8) is 0 Å². The van der Waals surface area contributed by atoms with Gasteiger partial charge in [-0.15, -0.1) is 0 Å². The number of ether oxygens (including phenoxy) is 1. The number of hydrogen-bond donors (Lipinski definition) is 1. The smallest absolute Gasteiger partial charge is 0.226 e. The predicted molar refractivity (Wildman–Crippen MR) is 85.6 cm³/mol. The van der Waals surface area contributed by atoms with Crippen LogP contribution in [0.25, 0.3) is 0 Å². The molecule has 0 aromatic carbocycles. The van der Waals surface area contributed by atoms with Crippen molar-refractivity contribution in [3.8, 4) is 0 Å². The quantitative estimate of drug-likeness (QED) is 0.873. The van der Waals surface area contributed by atoms with Gasteiger partial charge in [0.05, 0.1) is 13.2 Å². The zero-order valence-corrected chi connectivity index (χ0v) is 13.6. The second-order valence-electron chi connectivity index (χ2n) is 6.46. The fourth-order valence-electron chi connectivity index (χ4n) is 3.16. The molecule has 3 rings (SSSR count). The Morgan fingerprint density at radius 3 is 2.78 bits per heavy atom. The van der Waals surface area contributed by atoms with E-state index in [0.717, 1.165) is 25.7 Å². The van der Waals surface area contributed by atoms with Crippen LogP contribution in [0, 0.1) is 11.2 Å². The number of halogens is 1. The maximum absolute atomic E-state index is 14.3. The maximum atomic E-state index is 14.3. The molecule has 1 aliphatic carbocycles. The van der Waals surface area contributed by atoms with Crippen LogP contribution in [0.2, 0.25) is 0 Å². The van der Waals surface area contributed by atoms with E-state index in [0.29, 0.717) is 44.2 Å². The highest BCUT2D eigenvalue weighted by atomic mass is 19.1. The van der Waals surface area contributed by atoms with Gasteiger partial charge in [-0.2, -0.15) is 0 Å². The Bertz CT molecular complexity index is 569. The van der Waals surface area contributed by atoms with Crippen LogP contribution < -0.4 is 10.2 Å². The Labute approximate surface area is 136 Å². The molecule has 23 heavy (non-hydrogen) atoms. The van der Waals surface area contributed by atoms with Crippen LogP contribution in [0.1, 0.15) is 38.2 Å². The molecule has 1 aromatic rings. The molecule has 0 spiro atoms. The Hall–Kier alpha value is -1.69. The number of carbonyl (C=O) groups is 1. The molecule has 1 saturated heterocycles. The average molecular weight is 321 g/mol. The van der Waals surface area contributed by atoms with Gasteiger partial charge in [-0.3, -0.25) is 4.79 Å². The van der Waals surface area contributed by atoms with Gasteiger partial charge < -0.3 is 15.0 Å². The van der Waals surface area contributed by atoms with Crippen molar-refractivity contribution in [3.05, 3.63) is 23.6 Å². The molecule has 126 valence electrons. The fourth-order valence-corrected chi connectivity index (χ4v) is 3.16. The largest absolute Gasteiger partial charge is 0.378 e. The van der Waals surface area contributed by atoms with E-state index in [1.54, 1.807) is 6.20 Å². The third kappa shape index (κ3) is 3.63. The first-order chi connectivity index (χ1) is 11.1. The van der Waals surface area contributed by atoms with E-state index in [9.17, 15) is 9.18 Å². The molecule has 6 heteroatoms. The number of anilines is 1. The summed E-state index contributed by atoms with van der Waals surface area (Å²) in [7, 11) is 0. The van der Waals surface area contributed by atoms with Gasteiger partial charge in [-0.05, 0) is 30.9 Å². The minimum atomic E-state index is -0.339. The lowest BCUT2D eigenvalue weighted by Gasteiger charge is -2.28. The normalized spacial score (nSPS) is 19.5. The van der Waals surface area contributed by atoms with Crippen LogP contribution in [-0.4, -0.2) is 37.2 Å². The zero-order valence-electron chi connectivity index (χ0n) is 13.6. The van der Waals surface area contributed by atoms with E-state index in [1.165, 1.54) is 6.07 Å². The molecule has 2 aliphatic rings. The molecule has 1 amide bonds. The second-order valence-corrected chi connectivity index (χ2v) is 6.46. The number of nitrogens with one attached hydrogen (secondary N) is 1. The van der Waals surface area contributed by atoms with Crippen LogP contribution in [0.3, 0.4) is 0 Å². The molecule has 0 radical (unpaired) electrons. The van der Waals surface area contributed by atoms with Crippen LogP contribution in [0.15, 0.2) is 12.3 Å². The second kappa shape index (κ2) is 6.83. The maximum Gasteiger partial charge on any atom is 0.226 e. The number of hydrogen-bond acceptors (Lipinski definition) is 4. The summed E-state index contributed by atoms with van der Waals surface area (Å²) in [5, 5.41) is 2.93. The number of morpholine rings is 1. The van der Waals surface area contributed by atoms with E-state index < -0.39 is 0 Å². The van der Waals surface area contributed by atoms with Gasteiger partial charge in [-0.25, -0.2) is 9.37 Å². The molecular weight excluding hydrogens is 297 g/mol. The Kier molecular flexibility index (Phi) is 4.80. The molecule has 1 aromatic heterocycles. The summed E-state index contributed by atoms with van der Waals surface area (Å²) < 4.78 is 19.5. The van der Waals surface area contributed by atoms with Gasteiger partial charge in [-0.1, -0.05) is 13.3 Å². The molecule has 2 heterocycles. The highest BCUT2D eigenvalue weighted by Crippen LogP contribution is 2.49. The highest BCUT2D eigenvalue weighted by molar-refractivity contribution is 5.85. The number of amides is 1. The molecule has 1 aliphatic heterocycles. The van der Waals surface area contributed by atoms with Crippen LogP contribution in [-0.2, 0) is 16.1 Å². The standard InChI is InChI=1S/C17H24FN3O2/c1-2-3-17(4-5-17)16(22)20-12-13-10-14(18)15(19-11-13)21-6-8-23-9-7-21/h10-11H,2-9,12H2,1H3,(H,20,22). The summed E-state index contributed by atoms with van der Waals surface area (Å²) in [6.07, 6.45) is 5.53. The van der Waals surface area contributed by atoms with Crippen molar-refractivity contribution in [2.45, 2.75) is 39.2 Å². The van der Waals surface area contributed by atoms with Crippen LogP contribution >= 0.6 is 0 Å². The number of rotatable bonds is 6. The van der Waals surface area contributed by atoms with Crippen LogP contribution in [0.4, 0.5) is 10.2 Å². The minimum Gasteiger partial charge on any atom is -0.378 e. The van der Waals surface area contributed by atoms with Crippen molar-refractivity contribution in [1.29, 1.82) is 0 Å². The van der Waals surface area contributed by atoms with Crippen molar-refractivity contribution in [2.75, 3.05) is 31.2 Å². The topological polar surface area (TPSA) is 54.5 Å². The number of pyridine rings is 1. The van der Waals surface area contributed by atoms with Gasteiger partial charge in [0.2, 0.25) is 5.91 Å². The average Bonchev–Trinajstić information content (AvgIpc) is 3.35. The molecule has 1 N–H and O–H groups in total. The summed E-state index contributed by atoms with van der Waals surface area (Å²) in [5.41, 5.74) is 0.536. The zero-order chi connectivity index (χ0) is 16.3. The van der Waals surface area contributed by atoms with Crippen LogP contribution in [0.5, 0.6) is 0 Å². The Morgan fingerprint density at radius 1 is 1.43 bits per heavy atom. The molecule has 0 unspecified atom stereocenters. The highest BCUT2D eigenvalue weighted by Gasteiger charge is 2.48. The van der Waals surface area contributed by atoms with Gasteiger partial charge in [0.25, 0.3) is 0 Å². The first-order valence-electron chi connectivity index (χ1n) is 8.40. The van der Waals surface area contributed by atoms with Crippen molar-refractivity contribution in [1.82, 2.24) is 10.3 Å². The summed E-state index contributed by atoms with van der Waals surface area (Å²) in [4.78, 5) is 18.4. The van der Waals surface area contributed by atoms with Gasteiger partial charge in [0, 0.05) is 31.2 Å². The lowest BCUT2D eigenvalue weighted by molar-refractivity contribution is -0.126. The van der Waals surface area contributed by atoms with Gasteiger partial charge in [0.1, 0.15) is 0 Å². The van der Waals surface area contributed by atoms with E-state index >= 15 is 0 Å².